The van der Waals surface area contributed by atoms with Crippen molar-refractivity contribution >= 4 is 28.7 Å². The quantitative estimate of drug-likeness (QED) is 0.483. The number of hydrogen-bond donors (Lipinski definition) is 2. The lowest BCUT2D eigenvalue weighted by Crippen LogP contribution is -2.48. The second-order valence-corrected chi connectivity index (χ2v) is 8.68. The summed E-state index contributed by atoms with van der Waals surface area (Å²) in [5, 5.41) is 7.70. The molecule has 1 aromatic carbocycles. The van der Waals surface area contributed by atoms with Crippen LogP contribution >= 0.6 is 0 Å². The Hall–Kier alpha value is -3.78. The Balaban J connectivity index is 1.36. The van der Waals surface area contributed by atoms with Gasteiger partial charge >= 0.3 is 0 Å². The van der Waals surface area contributed by atoms with Gasteiger partial charge in [-0.3, -0.25) is 4.79 Å². The molecule has 0 bridgehead atoms. The largest absolute Gasteiger partial charge is 0.324 e. The minimum Gasteiger partial charge on any atom is -0.324 e. The fraction of sp³-hybridized carbons (Fsp3) is 0.280. The molecule has 8 heteroatoms. The van der Waals surface area contributed by atoms with Crippen molar-refractivity contribution in [2.75, 3.05) is 16.8 Å². The van der Waals surface area contributed by atoms with E-state index in [1.54, 1.807) is 11.1 Å². The number of pyridine rings is 1. The average molecular weight is 442 g/mol. The minimum absolute atomic E-state index is 0.0197. The molecule has 1 amide bonds. The number of hydrogen-bond acceptors (Lipinski definition) is 6. The molecule has 1 atom stereocenters. The molecule has 4 heterocycles. The number of anilines is 3. The van der Waals surface area contributed by atoms with Crippen LogP contribution in [0.25, 0.3) is 16.8 Å². The van der Waals surface area contributed by atoms with Crippen molar-refractivity contribution in [1.82, 2.24) is 19.6 Å². The molecule has 3 N–H and O–H groups in total. The van der Waals surface area contributed by atoms with E-state index in [0.29, 0.717) is 18.4 Å². The zero-order chi connectivity index (χ0) is 22.9. The monoisotopic (exact) mass is 441 g/mol. The smallest absolute Gasteiger partial charge is 0.243 e. The van der Waals surface area contributed by atoms with Crippen LogP contribution in [0.15, 0.2) is 61.1 Å². The van der Waals surface area contributed by atoms with E-state index in [9.17, 15) is 4.79 Å². The van der Waals surface area contributed by atoms with Gasteiger partial charge in [-0.25, -0.2) is 14.5 Å². The van der Waals surface area contributed by atoms with Crippen LogP contribution in [0.3, 0.4) is 0 Å². The number of benzene rings is 1. The van der Waals surface area contributed by atoms with Crippen LogP contribution in [0.2, 0.25) is 0 Å². The van der Waals surface area contributed by atoms with Crippen LogP contribution in [0.4, 0.5) is 17.3 Å². The second kappa shape index (κ2) is 8.63. The average Bonchev–Trinajstić information content (AvgIpc) is 3.25. The van der Waals surface area contributed by atoms with E-state index in [2.05, 4.69) is 35.3 Å². The van der Waals surface area contributed by atoms with E-state index < -0.39 is 6.04 Å². The number of nitrogens with two attached hydrogens (primary N) is 1. The molecule has 1 saturated heterocycles. The molecule has 3 aromatic heterocycles. The first-order chi connectivity index (χ1) is 16.0. The molecule has 1 aliphatic rings. The predicted molar refractivity (Wildman–Crippen MR) is 130 cm³/mol. The van der Waals surface area contributed by atoms with E-state index >= 15 is 0 Å². The lowest BCUT2D eigenvalue weighted by molar-refractivity contribution is -0.120. The zero-order valence-corrected chi connectivity index (χ0v) is 18.8. The molecule has 5 rings (SSSR count). The van der Waals surface area contributed by atoms with E-state index in [4.69, 9.17) is 10.7 Å². The fourth-order valence-electron chi connectivity index (χ4n) is 4.20. The summed E-state index contributed by atoms with van der Waals surface area (Å²) in [6.45, 7) is 5.03. The molecular formula is C25H27N7O. The van der Waals surface area contributed by atoms with Crippen molar-refractivity contribution in [3.05, 3.63) is 66.6 Å². The Morgan fingerprint density at radius 1 is 1.15 bits per heavy atom. The topological polar surface area (TPSA) is 101 Å². The highest BCUT2D eigenvalue weighted by Gasteiger charge is 2.26. The number of nitrogens with zero attached hydrogens (tertiary/aromatic N) is 5. The molecule has 0 spiro atoms. The third kappa shape index (κ3) is 4.17. The van der Waals surface area contributed by atoms with Crippen LogP contribution in [0.5, 0.6) is 0 Å². The zero-order valence-electron chi connectivity index (χ0n) is 18.8. The second-order valence-electron chi connectivity index (χ2n) is 8.68. The van der Waals surface area contributed by atoms with Gasteiger partial charge in [0.25, 0.3) is 0 Å². The Morgan fingerprint density at radius 2 is 1.97 bits per heavy atom. The summed E-state index contributed by atoms with van der Waals surface area (Å²) in [6.07, 6.45) is 7.28. The van der Waals surface area contributed by atoms with Gasteiger partial charge in [0.15, 0.2) is 0 Å². The summed E-state index contributed by atoms with van der Waals surface area (Å²) in [4.78, 5) is 23.2. The van der Waals surface area contributed by atoms with Gasteiger partial charge in [-0.2, -0.15) is 5.10 Å². The Kier molecular flexibility index (Phi) is 5.51. The number of aromatic nitrogens is 4. The first-order valence-corrected chi connectivity index (χ1v) is 11.2. The van der Waals surface area contributed by atoms with Crippen LogP contribution in [0, 0.1) is 0 Å². The normalized spacial score (nSPS) is 16.5. The highest BCUT2D eigenvalue weighted by molar-refractivity contribution is 5.97. The molecule has 8 nitrogen and oxygen atoms in total. The third-order valence-electron chi connectivity index (χ3n) is 6.04. The maximum Gasteiger partial charge on any atom is 0.243 e. The van der Waals surface area contributed by atoms with Gasteiger partial charge in [-0.1, -0.05) is 13.8 Å². The van der Waals surface area contributed by atoms with Crippen molar-refractivity contribution in [3.63, 3.8) is 0 Å². The number of carbonyl (C=O) groups is 1. The number of nitrogens with one attached hydrogen (secondary N) is 1. The molecule has 1 fully saturated rings. The first kappa shape index (κ1) is 21.1. The lowest BCUT2D eigenvalue weighted by Gasteiger charge is -2.30. The number of fused-ring (bicyclic) bond motifs is 1. The SMILES string of the molecule is CC(C)c1cnn2ccc(-c3ccnc(Nc4ccc(N5CCCC(N)C5=O)cc4)n3)cc12. The molecule has 1 unspecified atom stereocenters. The van der Waals surface area contributed by atoms with Gasteiger partial charge in [0.2, 0.25) is 11.9 Å². The van der Waals surface area contributed by atoms with Crippen LogP contribution in [-0.2, 0) is 4.79 Å². The lowest BCUT2D eigenvalue weighted by atomic mass is 10.0. The standard InChI is InChI=1S/C25H27N7O/c1-16(2)20-15-28-32-13-10-17(14-23(20)32)22-9-11-27-25(30-22)29-18-5-7-19(8-6-18)31-12-3-4-21(26)24(31)33/h5-11,13-16,21H,3-4,12,26H2,1-2H3,(H,27,29,30). The summed E-state index contributed by atoms with van der Waals surface area (Å²) in [5.41, 5.74) is 11.7. The van der Waals surface area contributed by atoms with Gasteiger partial charge in [-0.05, 0) is 61.2 Å². The van der Waals surface area contributed by atoms with E-state index in [1.807, 2.05) is 53.3 Å². The number of piperidine rings is 1. The van der Waals surface area contributed by atoms with E-state index in [0.717, 1.165) is 41.0 Å². The van der Waals surface area contributed by atoms with Crippen molar-refractivity contribution in [1.29, 1.82) is 0 Å². The van der Waals surface area contributed by atoms with Gasteiger partial charge in [0.05, 0.1) is 23.4 Å². The van der Waals surface area contributed by atoms with Crippen molar-refractivity contribution in [3.8, 4) is 11.3 Å². The van der Waals surface area contributed by atoms with E-state index in [-0.39, 0.29) is 5.91 Å². The fourth-order valence-corrected chi connectivity index (χ4v) is 4.20. The van der Waals surface area contributed by atoms with Gasteiger partial charge in [0, 0.05) is 41.4 Å². The van der Waals surface area contributed by atoms with Crippen LogP contribution in [0.1, 0.15) is 38.2 Å². The first-order valence-electron chi connectivity index (χ1n) is 11.2. The maximum absolute atomic E-state index is 12.4. The van der Waals surface area contributed by atoms with Crippen molar-refractivity contribution in [2.24, 2.45) is 5.73 Å². The summed E-state index contributed by atoms with van der Waals surface area (Å²) in [6, 6.07) is 13.3. The molecule has 4 aromatic rings. The number of amides is 1. The molecule has 0 aliphatic carbocycles. The van der Waals surface area contributed by atoms with Gasteiger partial charge in [-0.15, -0.1) is 0 Å². The molecule has 33 heavy (non-hydrogen) atoms. The summed E-state index contributed by atoms with van der Waals surface area (Å²) < 4.78 is 1.89. The predicted octanol–water partition coefficient (Wildman–Crippen LogP) is 4.11. The van der Waals surface area contributed by atoms with Crippen LogP contribution < -0.4 is 16.0 Å². The molecular weight excluding hydrogens is 414 g/mol. The summed E-state index contributed by atoms with van der Waals surface area (Å²) >= 11 is 0. The highest BCUT2D eigenvalue weighted by atomic mass is 16.2. The molecule has 0 radical (unpaired) electrons. The van der Waals surface area contributed by atoms with Gasteiger partial charge in [0.1, 0.15) is 0 Å². The minimum atomic E-state index is -0.411. The van der Waals surface area contributed by atoms with Crippen LogP contribution in [-0.4, -0.2) is 38.1 Å². The van der Waals surface area contributed by atoms with Crippen molar-refractivity contribution in [2.45, 2.75) is 38.6 Å². The maximum atomic E-state index is 12.4. The van der Waals surface area contributed by atoms with Crippen molar-refractivity contribution < 1.29 is 4.79 Å². The summed E-state index contributed by atoms with van der Waals surface area (Å²) in [7, 11) is 0. The Morgan fingerprint density at radius 3 is 2.76 bits per heavy atom. The number of rotatable bonds is 5. The molecule has 1 aliphatic heterocycles. The molecule has 168 valence electrons. The molecule has 0 saturated carbocycles. The van der Waals surface area contributed by atoms with Gasteiger partial charge < -0.3 is 16.0 Å². The number of carbonyl (C=O) groups excluding carboxylic acids is 1. The highest BCUT2D eigenvalue weighted by Crippen LogP contribution is 2.27. The summed E-state index contributed by atoms with van der Waals surface area (Å²) in [5.74, 6) is 0.877. The Bertz CT molecular complexity index is 1300. The Labute approximate surface area is 192 Å². The van der Waals surface area contributed by atoms with E-state index in [1.165, 1.54) is 5.56 Å². The third-order valence-corrected chi connectivity index (χ3v) is 6.04.